The Morgan fingerprint density at radius 1 is 0.931 bits per heavy atom. The molecule has 0 spiro atoms. The van der Waals surface area contributed by atoms with Gasteiger partial charge in [-0.3, -0.25) is 4.40 Å². The van der Waals surface area contributed by atoms with Gasteiger partial charge in [0.2, 0.25) is 5.78 Å². The molecule has 2 heterocycles. The summed E-state index contributed by atoms with van der Waals surface area (Å²) in [5.41, 5.74) is 3.80. The van der Waals surface area contributed by atoms with Crippen LogP contribution in [0.2, 0.25) is 0 Å². The van der Waals surface area contributed by atoms with Gasteiger partial charge in [0.1, 0.15) is 0 Å². The number of aromatic nitrogens is 3. The van der Waals surface area contributed by atoms with Crippen molar-refractivity contribution in [3.8, 4) is 22.8 Å². The highest BCUT2D eigenvalue weighted by Crippen LogP contribution is 2.31. The van der Waals surface area contributed by atoms with Crippen molar-refractivity contribution in [2.75, 3.05) is 19.6 Å². The Morgan fingerprint density at radius 2 is 1.62 bits per heavy atom. The van der Waals surface area contributed by atoms with Gasteiger partial charge in [0.15, 0.2) is 11.5 Å². The molecule has 2 aromatic carbocycles. The number of nitrogens with zero attached hydrogens (tertiary/aromatic N) is 4. The van der Waals surface area contributed by atoms with Crippen LogP contribution < -0.4 is 0 Å². The molecule has 4 aromatic rings. The summed E-state index contributed by atoms with van der Waals surface area (Å²) < 4.78 is 4.34. The van der Waals surface area contributed by atoms with Gasteiger partial charge in [-0.1, -0.05) is 26.0 Å². The van der Waals surface area contributed by atoms with E-state index in [1.165, 1.54) is 6.07 Å². The monoisotopic (exact) mass is 524 g/mol. The maximum absolute atomic E-state index is 9.82. The molecular weight excluding hydrogens is 500 g/mol. The highest BCUT2D eigenvalue weighted by molar-refractivity contribution is 8.93. The van der Waals surface area contributed by atoms with Gasteiger partial charge in [0.05, 0.1) is 16.7 Å². The summed E-state index contributed by atoms with van der Waals surface area (Å²) in [6, 6.07) is 13.1. The van der Waals surface area contributed by atoms with Crippen LogP contribution in [0.3, 0.4) is 0 Å². The smallest absolute Gasteiger partial charge is 0.215 e. The highest BCUT2D eigenvalue weighted by atomic mass is 79.9. The first-order valence-electron chi connectivity index (χ1n) is 9.33. The molecule has 0 saturated carbocycles. The Labute approximate surface area is 190 Å². The zero-order chi connectivity index (χ0) is 19.0. The molecule has 0 saturated heterocycles. The molecule has 0 unspecified atom stereocenters. The lowest BCUT2D eigenvalue weighted by Gasteiger charge is -2.18. The van der Waals surface area contributed by atoms with Crippen LogP contribution in [0.15, 0.2) is 48.7 Å². The third-order valence-corrected chi connectivity index (χ3v) is 5.17. The van der Waals surface area contributed by atoms with Crippen molar-refractivity contribution in [3.05, 3.63) is 48.7 Å². The molecule has 0 bridgehead atoms. The Hall–Kier alpha value is -2.03. The first kappa shape index (κ1) is 23.3. The number of benzene rings is 2. The summed E-state index contributed by atoms with van der Waals surface area (Å²) in [5.74, 6) is 0.613. The number of para-hydroxylation sites is 2. The number of imidazole rings is 2. The van der Waals surface area contributed by atoms with Gasteiger partial charge < -0.3 is 19.7 Å². The zero-order valence-corrected chi connectivity index (χ0v) is 19.9. The van der Waals surface area contributed by atoms with E-state index in [2.05, 4.69) is 45.9 Å². The predicted octanol–water partition coefficient (Wildman–Crippen LogP) is 4.86. The van der Waals surface area contributed by atoms with Crippen LogP contribution in [0.1, 0.15) is 13.8 Å². The predicted molar refractivity (Wildman–Crippen MR) is 128 cm³/mol. The fourth-order valence-corrected chi connectivity index (χ4v) is 3.57. The fraction of sp³-hybridized carbons (Fsp3) is 0.286. The van der Waals surface area contributed by atoms with Crippen LogP contribution in [0.4, 0.5) is 0 Å². The van der Waals surface area contributed by atoms with Crippen molar-refractivity contribution in [2.45, 2.75) is 20.4 Å². The Bertz CT molecular complexity index is 1100. The number of hydrogen-bond acceptors (Lipinski definition) is 4. The van der Waals surface area contributed by atoms with Crippen molar-refractivity contribution in [1.82, 2.24) is 18.9 Å². The molecule has 0 amide bonds. The minimum Gasteiger partial charge on any atom is -0.504 e. The molecule has 0 aliphatic carbocycles. The van der Waals surface area contributed by atoms with Crippen LogP contribution in [0.25, 0.3) is 28.1 Å². The van der Waals surface area contributed by atoms with Crippen molar-refractivity contribution in [3.63, 3.8) is 0 Å². The number of likely N-dealkylation sites (N-methyl/N-ethyl adjacent to an activating group) is 1. The van der Waals surface area contributed by atoms with Crippen LogP contribution in [-0.4, -0.2) is 48.7 Å². The van der Waals surface area contributed by atoms with Gasteiger partial charge in [-0.2, -0.15) is 0 Å². The SMILES string of the molecule is Br.Br.CCN(CC)CCn1c2ccccc2n2cc(-c3ccc(O)c(O)c3)nc12. The van der Waals surface area contributed by atoms with Crippen molar-refractivity contribution < 1.29 is 10.2 Å². The molecule has 0 aliphatic rings. The number of phenolic OH excluding ortho intramolecular Hbond substituents is 2. The van der Waals surface area contributed by atoms with E-state index in [0.29, 0.717) is 0 Å². The van der Waals surface area contributed by atoms with E-state index < -0.39 is 0 Å². The molecule has 2 N–H and O–H groups in total. The number of rotatable bonds is 6. The molecule has 29 heavy (non-hydrogen) atoms. The third-order valence-electron chi connectivity index (χ3n) is 5.17. The second kappa shape index (κ2) is 9.65. The van der Waals surface area contributed by atoms with Gasteiger partial charge >= 0.3 is 0 Å². The van der Waals surface area contributed by atoms with Crippen molar-refractivity contribution >= 4 is 50.8 Å². The molecule has 4 rings (SSSR count). The topological polar surface area (TPSA) is 65.9 Å². The summed E-state index contributed by atoms with van der Waals surface area (Å²) in [7, 11) is 0. The minimum atomic E-state index is -0.139. The van der Waals surface area contributed by atoms with Crippen LogP contribution in [-0.2, 0) is 6.54 Å². The standard InChI is InChI=1S/C21H24N4O2.2BrH/c1-3-23(4-2)11-12-24-17-7-5-6-8-18(17)25-14-16(22-21(24)25)15-9-10-19(26)20(27)13-15;;/h5-10,13-14,26-27H,3-4,11-12H2,1-2H3;2*1H. The quantitative estimate of drug-likeness (QED) is 0.353. The van der Waals surface area contributed by atoms with Crippen LogP contribution >= 0.6 is 34.0 Å². The Kier molecular flexibility index (Phi) is 7.73. The van der Waals surface area contributed by atoms with Crippen molar-refractivity contribution in [1.29, 1.82) is 0 Å². The number of aromatic hydroxyl groups is 2. The zero-order valence-electron chi connectivity index (χ0n) is 16.4. The normalized spacial score (nSPS) is 11.0. The lowest BCUT2D eigenvalue weighted by molar-refractivity contribution is 0.293. The average molecular weight is 526 g/mol. The van der Waals surface area contributed by atoms with Gasteiger partial charge in [-0.15, -0.1) is 34.0 Å². The molecule has 0 radical (unpaired) electrons. The van der Waals surface area contributed by atoms with E-state index >= 15 is 0 Å². The third kappa shape index (κ3) is 4.29. The number of halogens is 2. The minimum absolute atomic E-state index is 0. The molecule has 2 aromatic heterocycles. The molecule has 8 heteroatoms. The van der Waals surface area contributed by atoms with Crippen LogP contribution in [0, 0.1) is 0 Å². The lowest BCUT2D eigenvalue weighted by Crippen LogP contribution is -2.27. The first-order chi connectivity index (χ1) is 13.1. The molecule has 0 aliphatic heterocycles. The summed E-state index contributed by atoms with van der Waals surface area (Å²) in [6.07, 6.45) is 1.98. The van der Waals surface area contributed by atoms with Crippen molar-refractivity contribution in [2.24, 2.45) is 0 Å². The van der Waals surface area contributed by atoms with E-state index in [4.69, 9.17) is 4.98 Å². The Morgan fingerprint density at radius 3 is 2.28 bits per heavy atom. The summed E-state index contributed by atoms with van der Waals surface area (Å²) in [4.78, 5) is 7.23. The molecule has 6 nitrogen and oxygen atoms in total. The number of fused-ring (bicyclic) bond motifs is 3. The highest BCUT2D eigenvalue weighted by Gasteiger charge is 2.15. The van der Waals surface area contributed by atoms with E-state index in [-0.39, 0.29) is 45.5 Å². The van der Waals surface area contributed by atoms with Gasteiger partial charge in [0, 0.05) is 24.8 Å². The van der Waals surface area contributed by atoms with Gasteiger partial charge in [0.25, 0.3) is 0 Å². The second-order valence-electron chi connectivity index (χ2n) is 6.67. The second-order valence-corrected chi connectivity index (χ2v) is 6.67. The summed E-state index contributed by atoms with van der Waals surface area (Å²) >= 11 is 0. The van der Waals surface area contributed by atoms with Gasteiger partial charge in [-0.05, 0) is 43.4 Å². The Balaban J connectivity index is 0.00000150. The molecule has 0 fully saturated rings. The summed E-state index contributed by atoms with van der Waals surface area (Å²) in [5, 5.41) is 19.4. The van der Waals surface area contributed by atoms with E-state index in [1.807, 2.05) is 12.3 Å². The van der Waals surface area contributed by atoms with E-state index in [0.717, 1.165) is 54.2 Å². The van der Waals surface area contributed by atoms with E-state index in [1.54, 1.807) is 12.1 Å². The molecule has 156 valence electrons. The maximum atomic E-state index is 9.82. The van der Waals surface area contributed by atoms with Crippen LogP contribution in [0.5, 0.6) is 11.5 Å². The average Bonchev–Trinajstić information content (AvgIpc) is 3.23. The number of hydrogen-bond donors (Lipinski definition) is 2. The lowest BCUT2D eigenvalue weighted by atomic mass is 10.1. The molecular formula is C21H26Br2N4O2. The summed E-state index contributed by atoms with van der Waals surface area (Å²) in [6.45, 7) is 8.23. The largest absolute Gasteiger partial charge is 0.504 e. The van der Waals surface area contributed by atoms with Gasteiger partial charge in [-0.25, -0.2) is 4.98 Å². The van der Waals surface area contributed by atoms with E-state index in [9.17, 15) is 10.2 Å². The fourth-order valence-electron chi connectivity index (χ4n) is 3.57. The number of phenols is 2. The first-order valence-corrected chi connectivity index (χ1v) is 9.33. The maximum Gasteiger partial charge on any atom is 0.215 e. The molecule has 0 atom stereocenters.